The van der Waals surface area contributed by atoms with Crippen molar-refractivity contribution in [2.24, 2.45) is 17.8 Å². The van der Waals surface area contributed by atoms with Crippen LogP contribution in [0.4, 0.5) is 0 Å². The number of hydrogen-bond acceptors (Lipinski definition) is 9. The third kappa shape index (κ3) is 9.56. The molecule has 9 atom stereocenters. The molecule has 4 N–H and O–H groups in total. The fraction of sp³-hybridized carbons (Fsp3) is 0.846. The van der Waals surface area contributed by atoms with Crippen LogP contribution >= 0.6 is 0 Å². The Morgan fingerprint density at radius 1 is 0.582 bits per heavy atom. The summed E-state index contributed by atoms with van der Waals surface area (Å²) in [7, 11) is -2.51. The molecule has 16 heteroatoms. The average Bonchev–Trinajstić information content (AvgIpc) is 3.41. The first-order chi connectivity index (χ1) is 24.9. The number of carbonyl (C=O) groups is 6. The van der Waals surface area contributed by atoms with E-state index < -0.39 is 128 Å². The molecule has 6 amide bonds. The van der Waals surface area contributed by atoms with E-state index in [9.17, 15) is 28.8 Å². The van der Waals surface area contributed by atoms with Crippen molar-refractivity contribution < 1.29 is 42.7 Å². The van der Waals surface area contributed by atoms with Gasteiger partial charge in [0.1, 0.15) is 47.7 Å². The lowest BCUT2D eigenvalue weighted by atomic mass is 9.96. The van der Waals surface area contributed by atoms with Crippen molar-refractivity contribution in [1.29, 1.82) is 0 Å². The Morgan fingerprint density at radius 2 is 0.891 bits per heavy atom. The Bertz CT molecular complexity index is 1490. The summed E-state index contributed by atoms with van der Waals surface area (Å²) in [5.74, 6) is -5.03. The van der Waals surface area contributed by atoms with Crippen LogP contribution in [-0.4, -0.2) is 120 Å². The summed E-state index contributed by atoms with van der Waals surface area (Å²) in [6.07, 6.45) is -2.43. The van der Waals surface area contributed by atoms with Gasteiger partial charge in [0, 0.05) is 0 Å². The molecule has 3 saturated heterocycles. The highest BCUT2D eigenvalue weighted by Gasteiger charge is 2.56. The van der Waals surface area contributed by atoms with E-state index in [0.717, 1.165) is 0 Å². The van der Waals surface area contributed by atoms with Crippen LogP contribution in [0, 0.1) is 17.8 Å². The molecule has 314 valence electrons. The molecule has 0 bridgehead atoms. The normalized spacial score (nSPS) is 32.1. The summed E-state index contributed by atoms with van der Waals surface area (Å²) in [6, 6.07) is -7.06. The maximum atomic E-state index is 14.7. The Kier molecular flexibility index (Phi) is 13.8. The molecule has 0 aliphatic carbocycles. The summed E-state index contributed by atoms with van der Waals surface area (Å²) < 4.78 is 19.0. The molecule has 3 heterocycles. The third-order valence-electron chi connectivity index (χ3n) is 11.6. The molecule has 55 heavy (non-hydrogen) atoms. The first-order valence-corrected chi connectivity index (χ1v) is 22.7. The van der Waals surface area contributed by atoms with Crippen LogP contribution in [0.3, 0.4) is 0 Å². The molecule has 3 rings (SSSR count). The van der Waals surface area contributed by atoms with E-state index >= 15 is 0 Å². The summed E-state index contributed by atoms with van der Waals surface area (Å²) in [5.41, 5.74) is -2.56. The molecule has 3 aliphatic rings. The number of ether oxygens (including phenoxy) is 2. The number of carbonyl (C=O) groups excluding carboxylic acids is 6. The summed E-state index contributed by atoms with van der Waals surface area (Å²) in [4.78, 5) is 89.6. The van der Waals surface area contributed by atoms with Gasteiger partial charge < -0.3 is 35.2 Å². The van der Waals surface area contributed by atoms with Crippen molar-refractivity contribution in [1.82, 2.24) is 31.1 Å². The lowest BCUT2D eigenvalue weighted by Crippen LogP contribution is -2.67. The van der Waals surface area contributed by atoms with E-state index in [1.54, 1.807) is 90.0 Å². The van der Waals surface area contributed by atoms with E-state index in [1.165, 1.54) is 9.80 Å². The SMILES string of the molecule is CC(C)[C@@H]1NC(=O)[C@@H]2[C@@H](C)OC(C)(C)N2C(=O)[C@H](C(C)C)NC(=O)[C@@H]2[C@@H](C)OC(C)(C)N2C(=O)[C@H](C(C)C)NC(=O)[C@H]([C@@H](C)O[Si](C)(C)C(C)(C)C)NC1=O. The molecule has 0 aromatic carbocycles. The van der Waals surface area contributed by atoms with Gasteiger partial charge in [0.25, 0.3) is 0 Å². The summed E-state index contributed by atoms with van der Waals surface area (Å²) in [5, 5.41) is 11.3. The highest BCUT2D eigenvalue weighted by molar-refractivity contribution is 6.74. The average molecular weight is 795 g/mol. The van der Waals surface area contributed by atoms with Gasteiger partial charge in [-0.3, -0.25) is 38.6 Å². The van der Waals surface area contributed by atoms with Gasteiger partial charge in [0.2, 0.25) is 35.4 Å². The van der Waals surface area contributed by atoms with E-state index in [1.807, 2.05) is 13.1 Å². The highest BCUT2D eigenvalue weighted by atomic mass is 28.4. The Balaban J connectivity index is 2.28. The van der Waals surface area contributed by atoms with Crippen LogP contribution in [0.1, 0.15) is 111 Å². The molecule has 0 radical (unpaired) electrons. The van der Waals surface area contributed by atoms with Gasteiger partial charge in [0.15, 0.2) is 8.32 Å². The predicted molar refractivity (Wildman–Crippen MR) is 211 cm³/mol. The maximum Gasteiger partial charge on any atom is 0.248 e. The van der Waals surface area contributed by atoms with E-state index in [4.69, 9.17) is 13.9 Å². The van der Waals surface area contributed by atoms with Crippen LogP contribution in [0.25, 0.3) is 0 Å². The predicted octanol–water partition coefficient (Wildman–Crippen LogP) is 3.02. The van der Waals surface area contributed by atoms with E-state index in [-0.39, 0.29) is 5.04 Å². The number of nitrogens with one attached hydrogen (secondary N) is 4. The van der Waals surface area contributed by atoms with Crippen LogP contribution in [-0.2, 0) is 42.7 Å². The number of amides is 6. The third-order valence-corrected chi connectivity index (χ3v) is 16.2. The molecule has 3 aliphatic heterocycles. The monoisotopic (exact) mass is 794 g/mol. The lowest BCUT2D eigenvalue weighted by Gasteiger charge is -2.41. The van der Waals surface area contributed by atoms with E-state index in [2.05, 4.69) is 42.0 Å². The van der Waals surface area contributed by atoms with Gasteiger partial charge in [-0.05, 0) is 84.4 Å². The summed E-state index contributed by atoms with van der Waals surface area (Å²) >= 11 is 0. The quantitative estimate of drug-likeness (QED) is 0.294. The van der Waals surface area contributed by atoms with Gasteiger partial charge in [-0.25, -0.2) is 0 Å². The fourth-order valence-corrected chi connectivity index (χ4v) is 9.06. The second-order valence-electron chi connectivity index (χ2n) is 19.1. The van der Waals surface area contributed by atoms with Crippen molar-refractivity contribution in [2.75, 3.05) is 0 Å². The minimum absolute atomic E-state index is 0.235. The maximum absolute atomic E-state index is 14.7. The zero-order valence-electron chi connectivity index (χ0n) is 36.5. The number of fused-ring (bicyclic) bond motifs is 2. The first-order valence-electron chi connectivity index (χ1n) is 19.8. The number of hydrogen-bond donors (Lipinski definition) is 4. The topological polar surface area (TPSA) is 185 Å². The summed E-state index contributed by atoms with van der Waals surface area (Å²) in [6.45, 7) is 32.6. The van der Waals surface area contributed by atoms with Crippen molar-refractivity contribution in [2.45, 2.75) is 195 Å². The molecule has 15 nitrogen and oxygen atoms in total. The molecular weight excluding hydrogens is 725 g/mol. The van der Waals surface area contributed by atoms with Crippen molar-refractivity contribution in [3.05, 3.63) is 0 Å². The van der Waals surface area contributed by atoms with E-state index in [0.29, 0.717) is 0 Å². The van der Waals surface area contributed by atoms with Crippen molar-refractivity contribution >= 4 is 43.8 Å². The van der Waals surface area contributed by atoms with Crippen LogP contribution in [0.5, 0.6) is 0 Å². The lowest BCUT2D eigenvalue weighted by molar-refractivity contribution is -0.157. The van der Waals surface area contributed by atoms with Gasteiger partial charge in [-0.1, -0.05) is 62.3 Å². The van der Waals surface area contributed by atoms with Crippen molar-refractivity contribution in [3.63, 3.8) is 0 Å². The van der Waals surface area contributed by atoms with Crippen LogP contribution < -0.4 is 21.3 Å². The Hall–Kier alpha value is -3.08. The van der Waals surface area contributed by atoms with Gasteiger partial charge in [0.05, 0.1) is 18.3 Å². The highest BCUT2D eigenvalue weighted by Crippen LogP contribution is 2.38. The largest absolute Gasteiger partial charge is 0.412 e. The molecule has 0 aromatic heterocycles. The second-order valence-corrected chi connectivity index (χ2v) is 23.9. The first kappa shape index (κ1) is 46.3. The number of rotatable bonds is 6. The Morgan fingerprint density at radius 3 is 1.24 bits per heavy atom. The minimum Gasteiger partial charge on any atom is -0.412 e. The molecule has 3 fully saturated rings. The Labute approximate surface area is 329 Å². The smallest absolute Gasteiger partial charge is 0.248 e. The van der Waals surface area contributed by atoms with Gasteiger partial charge in [-0.15, -0.1) is 0 Å². The fourth-order valence-electron chi connectivity index (χ4n) is 7.64. The minimum atomic E-state index is -2.51. The van der Waals surface area contributed by atoms with Crippen molar-refractivity contribution in [3.8, 4) is 0 Å². The van der Waals surface area contributed by atoms with Gasteiger partial charge >= 0.3 is 0 Å². The molecule has 0 unspecified atom stereocenters. The molecule has 0 aromatic rings. The zero-order valence-corrected chi connectivity index (χ0v) is 37.5. The molecular formula is C39H70N6O9Si. The van der Waals surface area contributed by atoms with Crippen LogP contribution in [0.15, 0.2) is 0 Å². The molecule has 0 spiro atoms. The standard InChI is InChI=1S/C39H70N6O9Si/c1-19(2)25-31(46)43-28(22(7)54-55(17,18)37(10,11)12)32(47)41-26(20(3)4)35(50)45-30(24(9)53-39(45,15)16)34(49)42-27(21(5)6)36(51)44-29(33(48)40-25)23(8)52-38(44,13)14/h19-30H,1-18H3,(H,40,48)(H,41,47)(H,42,49)(H,43,46)/t22-,23-,24-,25+,26+,27+,28+,29+,30+/m1/s1. The van der Waals surface area contributed by atoms with Crippen LogP contribution in [0.2, 0.25) is 18.1 Å². The van der Waals surface area contributed by atoms with Gasteiger partial charge in [-0.2, -0.15) is 0 Å². The molecule has 0 saturated carbocycles. The second kappa shape index (κ2) is 16.4. The number of nitrogens with zero attached hydrogens (tertiary/aromatic N) is 2. The zero-order chi connectivity index (χ0) is 42.5.